The summed E-state index contributed by atoms with van der Waals surface area (Å²) in [7, 11) is 4.14. The van der Waals surface area contributed by atoms with E-state index in [1.807, 2.05) is 0 Å². The van der Waals surface area contributed by atoms with Crippen molar-refractivity contribution in [2.75, 3.05) is 33.7 Å². The predicted molar refractivity (Wildman–Crippen MR) is 80.2 cm³/mol. The van der Waals surface area contributed by atoms with E-state index in [0.29, 0.717) is 26.1 Å². The van der Waals surface area contributed by atoms with Crippen LogP contribution >= 0.6 is 0 Å². The molecule has 6 heteroatoms. The van der Waals surface area contributed by atoms with Crippen LogP contribution in [0.4, 0.5) is 4.79 Å². The summed E-state index contributed by atoms with van der Waals surface area (Å²) in [6.45, 7) is 1.63. The van der Waals surface area contributed by atoms with E-state index in [9.17, 15) is 9.59 Å². The van der Waals surface area contributed by atoms with E-state index in [4.69, 9.17) is 5.11 Å². The van der Waals surface area contributed by atoms with E-state index >= 15 is 0 Å². The van der Waals surface area contributed by atoms with Gasteiger partial charge in [0.15, 0.2) is 0 Å². The number of carbonyl (C=O) groups excluding carboxylic acids is 1. The zero-order valence-corrected chi connectivity index (χ0v) is 13.1. The number of carboxylic acids is 1. The molecule has 1 unspecified atom stereocenters. The molecule has 2 amide bonds. The summed E-state index contributed by atoms with van der Waals surface area (Å²) in [5, 5.41) is 12.1. The lowest BCUT2D eigenvalue weighted by atomic mass is 9.96. The maximum Gasteiger partial charge on any atom is 0.317 e. The molecular weight excluding hydrogens is 270 g/mol. The number of rotatable bonds is 4. The van der Waals surface area contributed by atoms with Crippen LogP contribution in [0.5, 0.6) is 0 Å². The van der Waals surface area contributed by atoms with Gasteiger partial charge in [0, 0.05) is 25.2 Å². The number of nitrogens with one attached hydrogen (secondary N) is 1. The summed E-state index contributed by atoms with van der Waals surface area (Å²) in [4.78, 5) is 27.2. The molecule has 1 aliphatic heterocycles. The van der Waals surface area contributed by atoms with Crippen LogP contribution in [0.15, 0.2) is 0 Å². The number of carboxylic acid groups (broad SMARTS) is 1. The summed E-state index contributed by atoms with van der Waals surface area (Å²) in [5.74, 6) is -1.22. The van der Waals surface area contributed by atoms with Crippen molar-refractivity contribution in [2.45, 2.75) is 44.1 Å². The fourth-order valence-electron chi connectivity index (χ4n) is 3.53. The number of carbonyl (C=O) groups is 2. The first kappa shape index (κ1) is 16.1. The van der Waals surface area contributed by atoms with E-state index in [1.54, 1.807) is 4.90 Å². The van der Waals surface area contributed by atoms with Crippen molar-refractivity contribution >= 4 is 12.0 Å². The van der Waals surface area contributed by atoms with Gasteiger partial charge < -0.3 is 20.2 Å². The van der Waals surface area contributed by atoms with Crippen LogP contribution in [0.1, 0.15) is 38.5 Å². The van der Waals surface area contributed by atoms with Gasteiger partial charge in [-0.2, -0.15) is 0 Å². The normalized spacial score (nSPS) is 25.1. The lowest BCUT2D eigenvalue weighted by Gasteiger charge is -2.38. The topological polar surface area (TPSA) is 72.9 Å². The summed E-state index contributed by atoms with van der Waals surface area (Å²) in [6, 6.07) is -0.117. The molecule has 120 valence electrons. The Labute approximate surface area is 126 Å². The molecule has 1 heterocycles. The van der Waals surface area contributed by atoms with Crippen molar-refractivity contribution in [3.63, 3.8) is 0 Å². The fourth-order valence-corrected chi connectivity index (χ4v) is 3.53. The number of nitrogens with zero attached hydrogens (tertiary/aromatic N) is 2. The Morgan fingerprint density at radius 2 is 1.95 bits per heavy atom. The van der Waals surface area contributed by atoms with E-state index in [1.165, 1.54) is 12.8 Å². The number of hydrogen-bond acceptors (Lipinski definition) is 3. The molecule has 0 aromatic carbocycles. The van der Waals surface area contributed by atoms with E-state index < -0.39 is 11.9 Å². The summed E-state index contributed by atoms with van der Waals surface area (Å²) < 4.78 is 0. The van der Waals surface area contributed by atoms with Gasteiger partial charge in [-0.05, 0) is 39.8 Å². The summed E-state index contributed by atoms with van der Waals surface area (Å²) >= 11 is 0. The van der Waals surface area contributed by atoms with E-state index in [0.717, 1.165) is 19.3 Å². The average molecular weight is 297 g/mol. The van der Waals surface area contributed by atoms with Crippen molar-refractivity contribution in [2.24, 2.45) is 5.92 Å². The van der Waals surface area contributed by atoms with Gasteiger partial charge in [-0.1, -0.05) is 12.8 Å². The van der Waals surface area contributed by atoms with Crippen LogP contribution in [-0.4, -0.2) is 66.2 Å². The Bertz CT molecular complexity index is 392. The number of likely N-dealkylation sites (tertiary alicyclic amines) is 1. The fraction of sp³-hybridized carbons (Fsp3) is 0.867. The number of hydrogen-bond donors (Lipinski definition) is 2. The molecule has 1 saturated heterocycles. The van der Waals surface area contributed by atoms with Crippen LogP contribution in [0, 0.1) is 5.92 Å². The molecule has 1 saturated carbocycles. The SMILES string of the molecule is CN(C)C1(CNC(=O)N2CCCC(C(=O)O)C2)CCCC1. The number of aliphatic carboxylic acids is 1. The van der Waals surface area contributed by atoms with Gasteiger partial charge in [0.1, 0.15) is 0 Å². The Hall–Kier alpha value is -1.30. The molecular formula is C15H27N3O3. The second-order valence-electron chi connectivity index (χ2n) is 6.61. The van der Waals surface area contributed by atoms with Crippen molar-refractivity contribution in [1.82, 2.24) is 15.1 Å². The first-order chi connectivity index (χ1) is 9.94. The predicted octanol–water partition coefficient (Wildman–Crippen LogP) is 1.37. The molecule has 1 aliphatic carbocycles. The van der Waals surface area contributed by atoms with Gasteiger partial charge in [0.2, 0.25) is 0 Å². The van der Waals surface area contributed by atoms with Crippen molar-refractivity contribution in [3.05, 3.63) is 0 Å². The van der Waals surface area contributed by atoms with Crippen LogP contribution in [0.25, 0.3) is 0 Å². The zero-order valence-electron chi connectivity index (χ0n) is 13.1. The third-order valence-corrected chi connectivity index (χ3v) is 5.11. The lowest BCUT2D eigenvalue weighted by Crippen LogP contribution is -2.54. The van der Waals surface area contributed by atoms with Crippen LogP contribution in [0.3, 0.4) is 0 Å². The number of amides is 2. The minimum Gasteiger partial charge on any atom is -0.481 e. The quantitative estimate of drug-likeness (QED) is 0.822. The standard InChI is InChI=1S/C15H27N3O3/c1-17(2)15(7-3-4-8-15)11-16-14(21)18-9-5-6-12(10-18)13(19)20/h12H,3-11H2,1-2H3,(H,16,21)(H,19,20). The van der Waals surface area contributed by atoms with Gasteiger partial charge in [0.05, 0.1) is 5.92 Å². The van der Waals surface area contributed by atoms with Crippen molar-refractivity contribution in [3.8, 4) is 0 Å². The highest BCUT2D eigenvalue weighted by Crippen LogP contribution is 2.33. The molecule has 2 rings (SSSR count). The smallest absolute Gasteiger partial charge is 0.317 e. The third-order valence-electron chi connectivity index (χ3n) is 5.11. The summed E-state index contributed by atoms with van der Waals surface area (Å²) in [5.41, 5.74) is 0.0671. The minimum absolute atomic E-state index is 0.0671. The van der Waals surface area contributed by atoms with Gasteiger partial charge in [-0.15, -0.1) is 0 Å². The second-order valence-corrected chi connectivity index (χ2v) is 6.61. The Kier molecular flexibility index (Phi) is 5.08. The van der Waals surface area contributed by atoms with Gasteiger partial charge in [0.25, 0.3) is 0 Å². The largest absolute Gasteiger partial charge is 0.481 e. The monoisotopic (exact) mass is 297 g/mol. The Balaban J connectivity index is 1.87. The highest BCUT2D eigenvalue weighted by molar-refractivity contribution is 5.76. The Morgan fingerprint density at radius 1 is 1.29 bits per heavy atom. The minimum atomic E-state index is -0.798. The van der Waals surface area contributed by atoms with E-state index in [-0.39, 0.29) is 11.6 Å². The molecule has 2 fully saturated rings. The number of likely N-dealkylation sites (N-methyl/N-ethyl adjacent to an activating group) is 1. The number of piperidine rings is 1. The first-order valence-corrected chi connectivity index (χ1v) is 7.88. The highest BCUT2D eigenvalue weighted by atomic mass is 16.4. The zero-order chi connectivity index (χ0) is 15.5. The molecule has 2 aliphatic rings. The molecule has 6 nitrogen and oxygen atoms in total. The molecule has 0 aromatic rings. The van der Waals surface area contributed by atoms with Crippen LogP contribution in [0.2, 0.25) is 0 Å². The first-order valence-electron chi connectivity index (χ1n) is 7.88. The molecule has 0 bridgehead atoms. The molecule has 0 radical (unpaired) electrons. The molecule has 0 spiro atoms. The maximum absolute atomic E-state index is 12.3. The summed E-state index contributed by atoms with van der Waals surface area (Å²) in [6.07, 6.45) is 6.07. The molecule has 2 N–H and O–H groups in total. The lowest BCUT2D eigenvalue weighted by molar-refractivity contribution is -0.143. The molecule has 1 atom stereocenters. The Morgan fingerprint density at radius 3 is 2.52 bits per heavy atom. The maximum atomic E-state index is 12.3. The average Bonchev–Trinajstić information content (AvgIpc) is 2.95. The van der Waals surface area contributed by atoms with Crippen LogP contribution in [-0.2, 0) is 4.79 Å². The van der Waals surface area contributed by atoms with Crippen LogP contribution < -0.4 is 5.32 Å². The second kappa shape index (κ2) is 6.64. The van der Waals surface area contributed by atoms with Crippen molar-refractivity contribution < 1.29 is 14.7 Å². The van der Waals surface area contributed by atoms with Gasteiger partial charge in [-0.25, -0.2) is 4.79 Å². The highest BCUT2D eigenvalue weighted by Gasteiger charge is 2.37. The third kappa shape index (κ3) is 3.67. The van der Waals surface area contributed by atoms with Gasteiger partial charge in [-0.3, -0.25) is 4.79 Å². The molecule has 0 aromatic heterocycles. The van der Waals surface area contributed by atoms with E-state index in [2.05, 4.69) is 24.3 Å². The van der Waals surface area contributed by atoms with Gasteiger partial charge >= 0.3 is 12.0 Å². The number of urea groups is 1. The molecule has 21 heavy (non-hydrogen) atoms. The van der Waals surface area contributed by atoms with Crippen molar-refractivity contribution in [1.29, 1.82) is 0 Å².